The highest BCUT2D eigenvalue weighted by molar-refractivity contribution is 7.92. The Morgan fingerprint density at radius 1 is 0.897 bits per heavy atom. The molecule has 0 unspecified atom stereocenters. The van der Waals surface area contributed by atoms with Crippen LogP contribution in [0.15, 0.2) is 65.6 Å². The Kier molecular flexibility index (Phi) is 9.15. The largest absolute Gasteiger partial charge is 0.326 e. The number of rotatable bonds is 8. The summed E-state index contributed by atoms with van der Waals surface area (Å²) in [6.07, 6.45) is 1.06. The zero-order valence-electron chi connectivity index (χ0n) is 20.8. The molecule has 0 bridgehead atoms. The van der Waals surface area contributed by atoms with Crippen LogP contribution in [-0.2, 0) is 30.6 Å². The molecule has 1 heterocycles. The van der Waals surface area contributed by atoms with Crippen LogP contribution < -0.4 is 10.0 Å². The number of aryl methyl sites for hydroxylation is 1. The van der Waals surface area contributed by atoms with Gasteiger partial charge in [-0.1, -0.05) is 46.9 Å². The Balaban J connectivity index is 1.38. The van der Waals surface area contributed by atoms with Gasteiger partial charge in [-0.15, -0.1) is 0 Å². The Morgan fingerprint density at radius 2 is 1.59 bits per heavy atom. The summed E-state index contributed by atoms with van der Waals surface area (Å²) >= 11 is 18.0. The van der Waals surface area contributed by atoms with Gasteiger partial charge < -0.3 is 5.32 Å². The van der Waals surface area contributed by atoms with Crippen molar-refractivity contribution in [1.82, 2.24) is 4.31 Å². The number of carbonyl (C=O) groups is 1. The highest BCUT2D eigenvalue weighted by Gasteiger charge is 2.32. The van der Waals surface area contributed by atoms with Crippen molar-refractivity contribution in [2.45, 2.75) is 30.4 Å². The maximum absolute atomic E-state index is 13.0. The molecule has 208 valence electrons. The fourth-order valence-electron chi connectivity index (χ4n) is 4.17. The van der Waals surface area contributed by atoms with Crippen molar-refractivity contribution in [1.29, 1.82) is 0 Å². The monoisotopic (exact) mass is 629 g/mol. The Hall–Kier alpha value is -2.34. The van der Waals surface area contributed by atoms with Gasteiger partial charge in [-0.25, -0.2) is 21.1 Å². The second-order valence-corrected chi connectivity index (χ2v) is 14.2. The van der Waals surface area contributed by atoms with E-state index in [1.807, 2.05) is 6.92 Å². The number of piperidine rings is 1. The third-order valence-electron chi connectivity index (χ3n) is 6.34. The molecule has 0 saturated carbocycles. The van der Waals surface area contributed by atoms with E-state index in [-0.39, 0.29) is 28.1 Å². The Morgan fingerprint density at radius 3 is 2.26 bits per heavy atom. The first kappa shape index (κ1) is 29.6. The minimum absolute atomic E-state index is 0.00874. The number of nitrogens with zero attached hydrogens (tertiary/aromatic N) is 1. The van der Waals surface area contributed by atoms with Gasteiger partial charge in [0.1, 0.15) is 0 Å². The van der Waals surface area contributed by atoms with E-state index < -0.39 is 26.0 Å². The molecule has 13 heteroatoms. The molecular formula is C26H26Cl3N3O5S2. The molecule has 1 fully saturated rings. The van der Waals surface area contributed by atoms with Gasteiger partial charge in [0, 0.05) is 23.8 Å². The van der Waals surface area contributed by atoms with E-state index in [0.717, 1.165) is 5.56 Å². The van der Waals surface area contributed by atoms with Crippen molar-refractivity contribution in [2.24, 2.45) is 5.92 Å². The minimum atomic E-state index is -3.87. The van der Waals surface area contributed by atoms with Crippen molar-refractivity contribution in [3.8, 4) is 0 Å². The molecule has 8 nitrogen and oxygen atoms in total. The second kappa shape index (κ2) is 12.0. The summed E-state index contributed by atoms with van der Waals surface area (Å²) < 4.78 is 55.4. The molecule has 1 aliphatic heterocycles. The molecule has 3 aromatic rings. The lowest BCUT2D eigenvalue weighted by molar-refractivity contribution is -0.120. The predicted molar refractivity (Wildman–Crippen MR) is 155 cm³/mol. The van der Waals surface area contributed by atoms with Crippen molar-refractivity contribution >= 4 is 72.1 Å². The molecule has 0 aliphatic carbocycles. The van der Waals surface area contributed by atoms with Gasteiger partial charge in [-0.05, 0) is 79.4 Å². The lowest BCUT2D eigenvalue weighted by Crippen LogP contribution is -2.44. The fourth-order valence-corrected chi connectivity index (χ4v) is 7.32. The smallest absolute Gasteiger partial charge is 0.261 e. The Bertz CT molecular complexity index is 1600. The van der Waals surface area contributed by atoms with Crippen LogP contribution in [0.1, 0.15) is 24.0 Å². The van der Waals surface area contributed by atoms with Crippen molar-refractivity contribution < 1.29 is 21.6 Å². The molecule has 0 spiro atoms. The third-order valence-corrected chi connectivity index (χ3v) is 10.7. The highest BCUT2D eigenvalue weighted by Crippen LogP contribution is 2.27. The maximum Gasteiger partial charge on any atom is 0.261 e. The predicted octanol–water partition coefficient (Wildman–Crippen LogP) is 5.94. The minimum Gasteiger partial charge on any atom is -0.326 e. The van der Waals surface area contributed by atoms with E-state index in [9.17, 15) is 21.6 Å². The van der Waals surface area contributed by atoms with Crippen LogP contribution in [0.3, 0.4) is 0 Å². The highest BCUT2D eigenvalue weighted by atomic mass is 35.5. The fraction of sp³-hybridized carbons (Fsp3) is 0.269. The second-order valence-electron chi connectivity index (χ2n) is 9.28. The number of benzene rings is 3. The number of anilines is 2. The van der Waals surface area contributed by atoms with Crippen LogP contribution >= 0.6 is 34.8 Å². The van der Waals surface area contributed by atoms with Gasteiger partial charge in [0.15, 0.2) is 0 Å². The van der Waals surface area contributed by atoms with Crippen LogP contribution in [0.2, 0.25) is 15.1 Å². The number of amides is 1. The number of halogens is 3. The topological polar surface area (TPSA) is 113 Å². The summed E-state index contributed by atoms with van der Waals surface area (Å²) in [5.74, 6) is -1.15. The first-order valence-electron chi connectivity index (χ1n) is 12.0. The summed E-state index contributed by atoms with van der Waals surface area (Å²) in [6.45, 7) is 2.18. The van der Waals surface area contributed by atoms with Gasteiger partial charge >= 0.3 is 0 Å². The van der Waals surface area contributed by atoms with E-state index in [1.54, 1.807) is 24.3 Å². The molecule has 4 rings (SSSR count). The van der Waals surface area contributed by atoms with Crippen molar-refractivity contribution in [3.63, 3.8) is 0 Å². The normalized spacial score (nSPS) is 16.6. The lowest BCUT2D eigenvalue weighted by Gasteiger charge is -2.31. The number of carbonyl (C=O) groups excluding carboxylic acids is 1. The zero-order valence-corrected chi connectivity index (χ0v) is 24.7. The molecule has 1 amide bonds. The summed E-state index contributed by atoms with van der Waals surface area (Å²) in [7, 11) is -7.56. The molecule has 1 atom stereocenters. The van der Waals surface area contributed by atoms with Crippen LogP contribution in [0.25, 0.3) is 0 Å². The van der Waals surface area contributed by atoms with Crippen molar-refractivity contribution in [3.05, 3.63) is 86.9 Å². The zero-order chi connectivity index (χ0) is 28.4. The van der Waals surface area contributed by atoms with E-state index >= 15 is 0 Å². The molecule has 3 aromatic carbocycles. The quantitative estimate of drug-likeness (QED) is 0.320. The number of sulfonamides is 2. The standard InChI is InChI=1S/C26H26Cl3N3O5S2/c1-17-4-6-21(14-24(17)28)31-39(36,37)22-9-7-20(8-10-22)30-26(33)19-3-2-12-32(15-19)38(34,35)16-18-5-11-23(27)25(29)13-18/h4-11,13-14,19,31H,2-3,12,15-16H2,1H3,(H,30,33)/t19-/m0/s1. The average Bonchev–Trinajstić information content (AvgIpc) is 2.88. The Labute approximate surface area is 243 Å². The maximum atomic E-state index is 13.0. The van der Waals surface area contributed by atoms with Gasteiger partial charge in [0.2, 0.25) is 15.9 Å². The van der Waals surface area contributed by atoms with E-state index in [4.69, 9.17) is 34.8 Å². The third kappa shape index (κ3) is 7.45. The number of nitrogens with one attached hydrogen (secondary N) is 2. The SMILES string of the molecule is Cc1ccc(NS(=O)(=O)c2ccc(NC(=O)[C@H]3CCCN(S(=O)(=O)Cc4ccc(Cl)c(Cl)c4)C3)cc2)cc1Cl. The molecular weight excluding hydrogens is 605 g/mol. The number of hydrogen-bond donors (Lipinski definition) is 2. The van der Waals surface area contributed by atoms with Gasteiger partial charge in [0.05, 0.1) is 32.3 Å². The van der Waals surface area contributed by atoms with E-state index in [1.165, 1.54) is 40.7 Å². The van der Waals surface area contributed by atoms with Gasteiger partial charge in [-0.3, -0.25) is 9.52 Å². The van der Waals surface area contributed by atoms with Crippen LogP contribution in [0.5, 0.6) is 0 Å². The molecule has 39 heavy (non-hydrogen) atoms. The van der Waals surface area contributed by atoms with Gasteiger partial charge in [-0.2, -0.15) is 0 Å². The summed E-state index contributed by atoms with van der Waals surface area (Å²) in [4.78, 5) is 13.0. The molecule has 1 saturated heterocycles. The number of hydrogen-bond acceptors (Lipinski definition) is 5. The van der Waals surface area contributed by atoms with E-state index in [2.05, 4.69) is 10.0 Å². The lowest BCUT2D eigenvalue weighted by atomic mass is 9.99. The summed E-state index contributed by atoms with van der Waals surface area (Å²) in [6, 6.07) is 15.3. The summed E-state index contributed by atoms with van der Waals surface area (Å²) in [5.41, 5.74) is 2.06. The van der Waals surface area contributed by atoms with Crippen molar-refractivity contribution in [2.75, 3.05) is 23.1 Å². The first-order valence-corrected chi connectivity index (χ1v) is 16.2. The van der Waals surface area contributed by atoms with E-state index in [0.29, 0.717) is 46.4 Å². The van der Waals surface area contributed by atoms with Gasteiger partial charge in [0.25, 0.3) is 10.0 Å². The van der Waals surface area contributed by atoms with Crippen LogP contribution in [0, 0.1) is 12.8 Å². The molecule has 1 aliphatic rings. The van der Waals surface area contributed by atoms with Crippen LogP contribution in [-0.4, -0.2) is 40.1 Å². The molecule has 0 radical (unpaired) electrons. The molecule has 2 N–H and O–H groups in total. The molecule has 0 aromatic heterocycles. The average molecular weight is 631 g/mol. The van der Waals surface area contributed by atoms with Crippen LogP contribution in [0.4, 0.5) is 11.4 Å². The first-order chi connectivity index (χ1) is 18.3. The summed E-state index contributed by atoms with van der Waals surface area (Å²) in [5, 5.41) is 3.82.